The molecule has 0 radical (unpaired) electrons. The average molecular weight is 471 g/mol. The van der Waals surface area contributed by atoms with Crippen LogP contribution < -0.4 is 5.32 Å². The number of amides is 2. The maximum atomic E-state index is 13.7. The lowest BCUT2D eigenvalue weighted by atomic mass is 9.99. The van der Waals surface area contributed by atoms with Crippen molar-refractivity contribution in [1.82, 2.24) is 10.2 Å². The molecule has 0 aromatic heterocycles. The van der Waals surface area contributed by atoms with Crippen LogP contribution in [0.4, 0.5) is 0 Å². The second-order valence-corrected chi connectivity index (χ2v) is 10.4. The Labute approximate surface area is 210 Å². The molecular formula is C31H38N2O2. The molecule has 0 saturated carbocycles. The second-order valence-electron chi connectivity index (χ2n) is 10.4. The molecule has 184 valence electrons. The van der Waals surface area contributed by atoms with E-state index in [4.69, 9.17) is 0 Å². The van der Waals surface area contributed by atoms with E-state index in [9.17, 15) is 9.59 Å². The highest BCUT2D eigenvalue weighted by Gasteiger charge is 2.32. The van der Waals surface area contributed by atoms with Crippen LogP contribution in [-0.4, -0.2) is 28.3 Å². The standard InChI is InChI=1S/C31H38N2O2/c1-23-11-15-25(16-12-23)19-20-29(34)33(22-27-17-13-24(2)14-18-27)28(30(35)32-31(3,4)5)21-26-9-7-6-8-10-26/h6-18,28H,19-22H2,1-5H3,(H,32,35)/t28-/m0/s1. The predicted octanol–water partition coefficient (Wildman–Crippen LogP) is 5.79. The summed E-state index contributed by atoms with van der Waals surface area (Å²) in [5.74, 6) is -0.145. The normalized spacial score (nSPS) is 12.1. The van der Waals surface area contributed by atoms with E-state index in [-0.39, 0.29) is 11.8 Å². The lowest BCUT2D eigenvalue weighted by Crippen LogP contribution is -2.54. The van der Waals surface area contributed by atoms with Crippen molar-refractivity contribution >= 4 is 11.8 Å². The minimum atomic E-state index is -0.608. The molecule has 3 aromatic carbocycles. The molecule has 0 unspecified atom stereocenters. The van der Waals surface area contributed by atoms with E-state index in [1.54, 1.807) is 4.90 Å². The van der Waals surface area contributed by atoms with Crippen LogP contribution in [0, 0.1) is 13.8 Å². The van der Waals surface area contributed by atoms with Gasteiger partial charge in [-0.2, -0.15) is 0 Å². The van der Waals surface area contributed by atoms with E-state index >= 15 is 0 Å². The molecule has 0 aliphatic carbocycles. The highest BCUT2D eigenvalue weighted by atomic mass is 16.2. The lowest BCUT2D eigenvalue weighted by Gasteiger charge is -2.34. The molecule has 1 atom stereocenters. The van der Waals surface area contributed by atoms with Gasteiger partial charge in [-0.05, 0) is 57.7 Å². The van der Waals surface area contributed by atoms with Crippen LogP contribution in [0.5, 0.6) is 0 Å². The number of rotatable bonds is 9. The maximum absolute atomic E-state index is 13.7. The minimum absolute atomic E-state index is 0.0175. The first kappa shape index (κ1) is 26.2. The Balaban J connectivity index is 1.91. The summed E-state index contributed by atoms with van der Waals surface area (Å²) in [5, 5.41) is 3.12. The number of hydrogen-bond acceptors (Lipinski definition) is 2. The third kappa shape index (κ3) is 8.40. The molecule has 0 fully saturated rings. The van der Waals surface area contributed by atoms with Gasteiger partial charge in [0.15, 0.2) is 0 Å². The quantitative estimate of drug-likeness (QED) is 0.430. The Morgan fingerprint density at radius 3 is 1.86 bits per heavy atom. The third-order valence-corrected chi connectivity index (χ3v) is 5.99. The highest BCUT2D eigenvalue weighted by Crippen LogP contribution is 2.18. The molecule has 4 nitrogen and oxygen atoms in total. The van der Waals surface area contributed by atoms with E-state index in [1.807, 2.05) is 82.3 Å². The average Bonchev–Trinajstić information content (AvgIpc) is 2.81. The second kappa shape index (κ2) is 11.8. The van der Waals surface area contributed by atoms with Crippen LogP contribution in [0.1, 0.15) is 55.0 Å². The van der Waals surface area contributed by atoms with Gasteiger partial charge < -0.3 is 10.2 Å². The van der Waals surface area contributed by atoms with Gasteiger partial charge in [-0.1, -0.05) is 90.0 Å². The van der Waals surface area contributed by atoms with Crippen molar-refractivity contribution in [2.75, 3.05) is 0 Å². The van der Waals surface area contributed by atoms with Gasteiger partial charge in [0.05, 0.1) is 0 Å². The number of hydrogen-bond donors (Lipinski definition) is 1. The Morgan fingerprint density at radius 2 is 1.31 bits per heavy atom. The van der Waals surface area contributed by atoms with E-state index in [2.05, 4.69) is 36.5 Å². The van der Waals surface area contributed by atoms with Gasteiger partial charge in [0.25, 0.3) is 0 Å². The summed E-state index contributed by atoms with van der Waals surface area (Å²) in [5.41, 5.74) is 5.13. The van der Waals surface area contributed by atoms with Gasteiger partial charge in [-0.15, -0.1) is 0 Å². The number of nitrogens with one attached hydrogen (secondary N) is 1. The number of nitrogens with zero attached hydrogens (tertiary/aromatic N) is 1. The molecule has 1 N–H and O–H groups in total. The van der Waals surface area contributed by atoms with E-state index in [1.165, 1.54) is 5.56 Å². The lowest BCUT2D eigenvalue weighted by molar-refractivity contribution is -0.141. The van der Waals surface area contributed by atoms with Gasteiger partial charge in [0.2, 0.25) is 11.8 Å². The fourth-order valence-corrected chi connectivity index (χ4v) is 4.05. The highest BCUT2D eigenvalue weighted by molar-refractivity contribution is 5.88. The summed E-state index contributed by atoms with van der Waals surface area (Å²) in [6.45, 7) is 10.4. The van der Waals surface area contributed by atoms with Crippen LogP contribution >= 0.6 is 0 Å². The first-order chi connectivity index (χ1) is 16.6. The zero-order valence-electron chi connectivity index (χ0n) is 21.7. The monoisotopic (exact) mass is 470 g/mol. The maximum Gasteiger partial charge on any atom is 0.243 e. The zero-order valence-corrected chi connectivity index (χ0v) is 21.7. The molecule has 35 heavy (non-hydrogen) atoms. The Hall–Kier alpha value is -3.40. The van der Waals surface area contributed by atoms with Crippen molar-refractivity contribution in [3.8, 4) is 0 Å². The van der Waals surface area contributed by atoms with Crippen LogP contribution in [0.25, 0.3) is 0 Å². The Kier molecular flexibility index (Phi) is 8.86. The fourth-order valence-electron chi connectivity index (χ4n) is 4.05. The van der Waals surface area contributed by atoms with Crippen molar-refractivity contribution in [2.45, 2.75) is 72.0 Å². The molecule has 0 bridgehead atoms. The van der Waals surface area contributed by atoms with Gasteiger partial charge >= 0.3 is 0 Å². The minimum Gasteiger partial charge on any atom is -0.350 e. The van der Waals surface area contributed by atoms with Crippen molar-refractivity contribution in [3.63, 3.8) is 0 Å². The van der Waals surface area contributed by atoms with Crippen LogP contribution in [0.2, 0.25) is 0 Å². The van der Waals surface area contributed by atoms with Crippen LogP contribution in [0.3, 0.4) is 0 Å². The van der Waals surface area contributed by atoms with Crippen molar-refractivity contribution in [3.05, 3.63) is 107 Å². The number of carbonyl (C=O) groups is 2. The molecule has 3 rings (SSSR count). The summed E-state index contributed by atoms with van der Waals surface area (Å²) in [7, 11) is 0. The molecule has 0 saturated heterocycles. The molecule has 2 amide bonds. The number of aryl methyl sites for hydroxylation is 3. The summed E-state index contributed by atoms with van der Waals surface area (Å²) < 4.78 is 0. The van der Waals surface area contributed by atoms with Gasteiger partial charge in [-0.3, -0.25) is 9.59 Å². The number of benzene rings is 3. The Morgan fingerprint density at radius 1 is 0.771 bits per heavy atom. The molecular weight excluding hydrogens is 432 g/mol. The Bertz CT molecular complexity index is 1100. The topological polar surface area (TPSA) is 49.4 Å². The first-order valence-corrected chi connectivity index (χ1v) is 12.4. The van der Waals surface area contributed by atoms with E-state index < -0.39 is 11.6 Å². The van der Waals surface area contributed by atoms with E-state index in [0.29, 0.717) is 25.8 Å². The molecule has 0 aliphatic heterocycles. The van der Waals surface area contributed by atoms with Crippen molar-refractivity contribution in [1.29, 1.82) is 0 Å². The first-order valence-electron chi connectivity index (χ1n) is 12.4. The van der Waals surface area contributed by atoms with Gasteiger partial charge in [0, 0.05) is 24.9 Å². The SMILES string of the molecule is Cc1ccc(CCC(=O)N(Cc2ccc(C)cc2)[C@@H](Cc2ccccc2)C(=O)NC(C)(C)C)cc1. The summed E-state index contributed by atoms with van der Waals surface area (Å²) in [6, 6.07) is 25.8. The van der Waals surface area contributed by atoms with Gasteiger partial charge in [0.1, 0.15) is 6.04 Å². The largest absolute Gasteiger partial charge is 0.350 e. The van der Waals surface area contributed by atoms with Crippen molar-refractivity contribution < 1.29 is 9.59 Å². The predicted molar refractivity (Wildman–Crippen MR) is 143 cm³/mol. The zero-order chi connectivity index (χ0) is 25.4. The summed E-state index contributed by atoms with van der Waals surface area (Å²) in [6.07, 6.45) is 1.45. The molecule has 0 aliphatic rings. The molecule has 3 aromatic rings. The van der Waals surface area contributed by atoms with Crippen LogP contribution in [0.15, 0.2) is 78.9 Å². The number of carbonyl (C=O) groups excluding carboxylic acids is 2. The van der Waals surface area contributed by atoms with Crippen LogP contribution in [-0.2, 0) is 29.0 Å². The molecule has 0 spiro atoms. The molecule has 0 heterocycles. The summed E-state index contributed by atoms with van der Waals surface area (Å²) in [4.78, 5) is 29.0. The molecule has 4 heteroatoms. The third-order valence-electron chi connectivity index (χ3n) is 5.99. The smallest absolute Gasteiger partial charge is 0.243 e. The fraction of sp³-hybridized carbons (Fsp3) is 0.355. The van der Waals surface area contributed by atoms with Crippen molar-refractivity contribution in [2.24, 2.45) is 0 Å². The van der Waals surface area contributed by atoms with Gasteiger partial charge in [-0.25, -0.2) is 0 Å². The van der Waals surface area contributed by atoms with E-state index in [0.717, 1.165) is 22.3 Å². The summed E-state index contributed by atoms with van der Waals surface area (Å²) >= 11 is 0.